The standard InChI is InChI=1S/C17H25N5/c1-13(2)22-12-15(8-19-22)17-10-18-9-16(20-17)7-14-5-4-6-21(3)11-14/h8-10,12-14H,4-7,11H2,1-3H3. The minimum atomic E-state index is 0.364. The van der Waals surface area contributed by atoms with Crippen LogP contribution in [0, 0.1) is 5.92 Å². The number of nitrogens with zero attached hydrogens (tertiary/aromatic N) is 5. The van der Waals surface area contributed by atoms with Gasteiger partial charge in [0.15, 0.2) is 0 Å². The van der Waals surface area contributed by atoms with E-state index in [1.807, 2.05) is 29.5 Å². The second kappa shape index (κ2) is 6.57. The van der Waals surface area contributed by atoms with Crippen LogP contribution in [0.2, 0.25) is 0 Å². The highest BCUT2D eigenvalue weighted by Gasteiger charge is 2.18. The van der Waals surface area contributed by atoms with Gasteiger partial charge in [0.2, 0.25) is 0 Å². The molecule has 0 spiro atoms. The first-order valence-electron chi connectivity index (χ1n) is 8.16. The minimum absolute atomic E-state index is 0.364. The van der Waals surface area contributed by atoms with Crippen molar-refractivity contribution in [2.45, 2.75) is 39.2 Å². The molecule has 22 heavy (non-hydrogen) atoms. The summed E-state index contributed by atoms with van der Waals surface area (Å²) in [5.74, 6) is 0.696. The Morgan fingerprint density at radius 2 is 2.14 bits per heavy atom. The van der Waals surface area contributed by atoms with E-state index in [9.17, 15) is 0 Å². The average Bonchev–Trinajstić information content (AvgIpc) is 2.97. The highest BCUT2D eigenvalue weighted by molar-refractivity contribution is 5.55. The molecule has 1 unspecified atom stereocenters. The van der Waals surface area contributed by atoms with Crippen LogP contribution in [0.15, 0.2) is 24.8 Å². The predicted molar refractivity (Wildman–Crippen MR) is 87.6 cm³/mol. The molecule has 5 nitrogen and oxygen atoms in total. The minimum Gasteiger partial charge on any atom is -0.306 e. The molecule has 3 rings (SSSR count). The highest BCUT2D eigenvalue weighted by Crippen LogP contribution is 2.21. The van der Waals surface area contributed by atoms with E-state index < -0.39 is 0 Å². The number of aromatic nitrogens is 4. The molecule has 1 aliphatic heterocycles. The van der Waals surface area contributed by atoms with Crippen molar-refractivity contribution < 1.29 is 0 Å². The fourth-order valence-corrected chi connectivity index (χ4v) is 3.13. The molecule has 0 aromatic carbocycles. The fourth-order valence-electron chi connectivity index (χ4n) is 3.13. The topological polar surface area (TPSA) is 46.8 Å². The highest BCUT2D eigenvalue weighted by atomic mass is 15.3. The number of piperidine rings is 1. The summed E-state index contributed by atoms with van der Waals surface area (Å²) in [6, 6.07) is 0.364. The molecule has 1 saturated heterocycles. The molecular formula is C17H25N5. The first-order valence-corrected chi connectivity index (χ1v) is 8.16. The van der Waals surface area contributed by atoms with Gasteiger partial charge in [-0.3, -0.25) is 9.67 Å². The van der Waals surface area contributed by atoms with Crippen molar-refractivity contribution >= 4 is 0 Å². The predicted octanol–water partition coefficient (Wildman–Crippen LogP) is 2.81. The average molecular weight is 299 g/mol. The summed E-state index contributed by atoms with van der Waals surface area (Å²) in [5, 5.41) is 4.39. The van der Waals surface area contributed by atoms with Crippen molar-refractivity contribution in [3.8, 4) is 11.3 Å². The van der Waals surface area contributed by atoms with Crippen LogP contribution >= 0.6 is 0 Å². The zero-order valence-corrected chi connectivity index (χ0v) is 13.7. The number of hydrogen-bond donors (Lipinski definition) is 0. The van der Waals surface area contributed by atoms with Crippen LogP contribution in [0.1, 0.15) is 38.4 Å². The number of rotatable bonds is 4. The fraction of sp³-hybridized carbons (Fsp3) is 0.588. The van der Waals surface area contributed by atoms with Gasteiger partial charge >= 0.3 is 0 Å². The molecule has 3 heterocycles. The SMILES string of the molecule is CC(C)n1cc(-c2cncc(CC3CCCN(C)C3)n2)cn1. The Morgan fingerprint density at radius 1 is 1.27 bits per heavy atom. The lowest BCUT2D eigenvalue weighted by Gasteiger charge is -2.29. The van der Waals surface area contributed by atoms with Crippen molar-refractivity contribution in [2.24, 2.45) is 5.92 Å². The van der Waals surface area contributed by atoms with Crippen LogP contribution in [-0.2, 0) is 6.42 Å². The summed E-state index contributed by atoms with van der Waals surface area (Å²) in [4.78, 5) is 11.6. The maximum atomic E-state index is 4.80. The van der Waals surface area contributed by atoms with Crippen LogP contribution < -0.4 is 0 Å². The first-order chi connectivity index (χ1) is 10.6. The zero-order chi connectivity index (χ0) is 15.5. The van der Waals surface area contributed by atoms with Crippen molar-refractivity contribution in [3.63, 3.8) is 0 Å². The van der Waals surface area contributed by atoms with Gasteiger partial charge in [-0.15, -0.1) is 0 Å². The van der Waals surface area contributed by atoms with Crippen LogP contribution in [0.3, 0.4) is 0 Å². The Balaban J connectivity index is 1.74. The second-order valence-electron chi connectivity index (χ2n) is 6.67. The molecule has 2 aromatic rings. The maximum absolute atomic E-state index is 4.80. The summed E-state index contributed by atoms with van der Waals surface area (Å²) >= 11 is 0. The third-order valence-electron chi connectivity index (χ3n) is 4.33. The summed E-state index contributed by atoms with van der Waals surface area (Å²) < 4.78 is 1.96. The monoisotopic (exact) mass is 299 g/mol. The Morgan fingerprint density at radius 3 is 2.86 bits per heavy atom. The summed E-state index contributed by atoms with van der Waals surface area (Å²) in [6.07, 6.45) is 11.3. The molecular weight excluding hydrogens is 274 g/mol. The van der Waals surface area contributed by atoms with Gasteiger partial charge in [0.05, 0.1) is 23.8 Å². The summed E-state index contributed by atoms with van der Waals surface area (Å²) in [7, 11) is 2.20. The van der Waals surface area contributed by atoms with Crippen LogP contribution in [0.25, 0.3) is 11.3 Å². The summed E-state index contributed by atoms with van der Waals surface area (Å²) in [5.41, 5.74) is 3.06. The number of likely N-dealkylation sites (tertiary alicyclic amines) is 1. The molecule has 1 fully saturated rings. The lowest BCUT2D eigenvalue weighted by molar-refractivity contribution is 0.208. The lowest BCUT2D eigenvalue weighted by atomic mass is 9.94. The largest absolute Gasteiger partial charge is 0.306 e. The molecule has 0 bridgehead atoms. The molecule has 0 saturated carbocycles. The van der Waals surface area contributed by atoms with E-state index in [0.29, 0.717) is 12.0 Å². The molecule has 1 atom stereocenters. The second-order valence-corrected chi connectivity index (χ2v) is 6.67. The van der Waals surface area contributed by atoms with Crippen LogP contribution in [0.5, 0.6) is 0 Å². The molecule has 0 radical (unpaired) electrons. The van der Waals surface area contributed by atoms with Gasteiger partial charge in [-0.1, -0.05) is 0 Å². The van der Waals surface area contributed by atoms with Crippen molar-refractivity contribution in [1.82, 2.24) is 24.6 Å². The third-order valence-corrected chi connectivity index (χ3v) is 4.33. The van der Waals surface area contributed by atoms with Gasteiger partial charge in [0, 0.05) is 30.5 Å². The molecule has 1 aliphatic rings. The quantitative estimate of drug-likeness (QED) is 0.871. The third kappa shape index (κ3) is 3.53. The van der Waals surface area contributed by atoms with Crippen LogP contribution in [-0.4, -0.2) is 44.8 Å². The van der Waals surface area contributed by atoms with E-state index in [-0.39, 0.29) is 0 Å². The van der Waals surface area contributed by atoms with Crippen molar-refractivity contribution in [1.29, 1.82) is 0 Å². The molecule has 2 aromatic heterocycles. The van der Waals surface area contributed by atoms with Gasteiger partial charge < -0.3 is 4.90 Å². The molecule has 0 aliphatic carbocycles. The number of hydrogen-bond acceptors (Lipinski definition) is 4. The molecule has 5 heteroatoms. The van der Waals surface area contributed by atoms with Crippen molar-refractivity contribution in [2.75, 3.05) is 20.1 Å². The van der Waals surface area contributed by atoms with E-state index in [1.165, 1.54) is 19.4 Å². The normalized spacial score (nSPS) is 19.7. The van der Waals surface area contributed by atoms with Crippen LogP contribution in [0.4, 0.5) is 0 Å². The lowest BCUT2D eigenvalue weighted by Crippen LogP contribution is -2.33. The van der Waals surface area contributed by atoms with Gasteiger partial charge in [-0.05, 0) is 52.6 Å². The van der Waals surface area contributed by atoms with E-state index in [1.54, 1.807) is 0 Å². The van der Waals surface area contributed by atoms with Gasteiger partial charge in [-0.2, -0.15) is 5.10 Å². The Labute approximate surface area is 132 Å². The maximum Gasteiger partial charge on any atom is 0.0920 e. The molecule has 0 amide bonds. The Kier molecular flexibility index (Phi) is 4.52. The molecule has 118 valence electrons. The Bertz CT molecular complexity index is 619. The van der Waals surface area contributed by atoms with Crippen molar-refractivity contribution in [3.05, 3.63) is 30.5 Å². The van der Waals surface area contributed by atoms with Gasteiger partial charge in [0.25, 0.3) is 0 Å². The van der Waals surface area contributed by atoms with E-state index >= 15 is 0 Å². The Hall–Kier alpha value is -1.75. The molecule has 0 N–H and O–H groups in total. The zero-order valence-electron chi connectivity index (χ0n) is 13.7. The van der Waals surface area contributed by atoms with Gasteiger partial charge in [0.1, 0.15) is 0 Å². The summed E-state index contributed by atoms with van der Waals surface area (Å²) in [6.45, 7) is 6.63. The van der Waals surface area contributed by atoms with E-state index in [0.717, 1.165) is 29.9 Å². The van der Waals surface area contributed by atoms with E-state index in [2.05, 4.69) is 35.9 Å². The van der Waals surface area contributed by atoms with E-state index in [4.69, 9.17) is 4.98 Å². The smallest absolute Gasteiger partial charge is 0.0920 e. The van der Waals surface area contributed by atoms with Gasteiger partial charge in [-0.25, -0.2) is 4.98 Å². The first kappa shape index (κ1) is 15.2.